The molecule has 0 amide bonds. The van der Waals surface area contributed by atoms with Crippen molar-refractivity contribution in [3.8, 4) is 0 Å². The molecule has 0 saturated heterocycles. The molecule has 3 aromatic rings. The van der Waals surface area contributed by atoms with Crippen LogP contribution in [0.15, 0.2) is 174 Å². The first kappa shape index (κ1) is 36.5. The van der Waals surface area contributed by atoms with Crippen molar-refractivity contribution in [2.45, 2.75) is 19.9 Å². The summed E-state index contributed by atoms with van der Waals surface area (Å²) in [6.45, 7) is 4.46. The second-order valence-corrected chi connectivity index (χ2v) is 14.8. The molecule has 4 heteroatoms. The fraction of sp³-hybridized carbons (Fsp3) is 0.122. The molecule has 0 nitrogen and oxygen atoms in total. The van der Waals surface area contributed by atoms with Gasteiger partial charge in [0.2, 0.25) is 0 Å². The zero-order chi connectivity index (χ0) is 29.9. The zero-order valence-corrected chi connectivity index (χ0v) is 30.9. The van der Waals surface area contributed by atoms with Crippen LogP contribution in [0.5, 0.6) is 0 Å². The van der Waals surface area contributed by atoms with E-state index in [0.29, 0.717) is 18.0 Å². The quantitative estimate of drug-likeness (QED) is 0.285. The minimum atomic E-state index is 0. The van der Waals surface area contributed by atoms with Crippen molar-refractivity contribution in [2.75, 3.05) is 0 Å². The molecule has 2 atom stereocenters. The van der Waals surface area contributed by atoms with Crippen LogP contribution in [-0.4, -0.2) is 6.16 Å². The normalized spacial score (nSPS) is 18.4. The SMILES string of the molecule is CC1C=C2C(=CC=CC=C2c2ccccc2)[CH-]1.CC1C=C2C(=CC=CC=C2c2ccccc2)[CH-]1.[Cl-].[Cl-].[Zr+2]=[SiH]Cc1ccccc1. The van der Waals surface area contributed by atoms with E-state index in [-0.39, 0.29) is 24.8 Å². The number of allylic oxidation sites excluding steroid dienone is 16. The van der Waals surface area contributed by atoms with Crippen molar-refractivity contribution in [3.05, 3.63) is 204 Å². The Morgan fingerprint density at radius 3 is 1.31 bits per heavy atom. The van der Waals surface area contributed by atoms with Gasteiger partial charge in [0.1, 0.15) is 0 Å². The molecule has 3 aromatic carbocycles. The molecular weight excluding hydrogens is 683 g/mol. The predicted octanol–water partition coefficient (Wildman–Crippen LogP) is 3.79. The van der Waals surface area contributed by atoms with E-state index in [0.717, 1.165) is 0 Å². The third kappa shape index (κ3) is 10.2. The van der Waals surface area contributed by atoms with E-state index in [9.17, 15) is 0 Å². The van der Waals surface area contributed by atoms with Gasteiger partial charge >= 0.3 is 71.4 Å². The summed E-state index contributed by atoms with van der Waals surface area (Å²) in [5.41, 5.74) is 12.2. The summed E-state index contributed by atoms with van der Waals surface area (Å²) in [5, 5.41) is 0. The fourth-order valence-corrected chi connectivity index (χ4v) is 7.86. The number of hydrogen-bond donors (Lipinski definition) is 0. The average molecular weight is 721 g/mol. The van der Waals surface area contributed by atoms with Crippen LogP contribution in [0, 0.1) is 24.7 Å². The van der Waals surface area contributed by atoms with Crippen LogP contribution in [0.1, 0.15) is 30.5 Å². The second kappa shape index (κ2) is 18.8. The molecule has 0 N–H and O–H groups in total. The Morgan fingerprint density at radius 1 is 0.533 bits per heavy atom. The number of rotatable bonds is 4. The van der Waals surface area contributed by atoms with Gasteiger partial charge in [-0.1, -0.05) is 122 Å². The molecule has 45 heavy (non-hydrogen) atoms. The van der Waals surface area contributed by atoms with Gasteiger partial charge in [0.25, 0.3) is 0 Å². The molecule has 0 saturated carbocycles. The Kier molecular flexibility index (Phi) is 15.3. The monoisotopic (exact) mass is 718 g/mol. The third-order valence-corrected chi connectivity index (χ3v) is 9.78. The van der Waals surface area contributed by atoms with E-state index >= 15 is 0 Å². The van der Waals surface area contributed by atoms with E-state index in [1.165, 1.54) is 56.2 Å². The molecule has 7 rings (SSSR count). The van der Waals surface area contributed by atoms with Gasteiger partial charge in [-0.15, -0.1) is 35.5 Å². The second-order valence-electron chi connectivity index (χ2n) is 11.0. The van der Waals surface area contributed by atoms with Gasteiger partial charge in [-0.3, -0.25) is 0 Å². The van der Waals surface area contributed by atoms with Crippen LogP contribution in [0.2, 0.25) is 0 Å². The van der Waals surface area contributed by atoms with Crippen molar-refractivity contribution in [2.24, 2.45) is 11.8 Å². The summed E-state index contributed by atoms with van der Waals surface area (Å²) >= 11 is 1.72. The van der Waals surface area contributed by atoms with E-state index in [1.54, 1.807) is 23.3 Å². The standard InChI is InChI=1S/2C17H15.C7H8Si.2ClH.Zr/c2*1-13-11-15-9-5-6-10-16(17(15)12-13)14-7-3-2-4-8-14;8-6-7-4-2-1-3-5-7;;;/h2*2-13H,1H3;1-5,8H,6H2;2*1H;/q2*-1;;;;+2/p-2. The van der Waals surface area contributed by atoms with Gasteiger partial charge in [-0.2, -0.15) is 36.1 Å². The van der Waals surface area contributed by atoms with Crippen molar-refractivity contribution < 1.29 is 48.1 Å². The molecule has 4 aliphatic rings. The van der Waals surface area contributed by atoms with Crippen molar-refractivity contribution >= 4 is 17.3 Å². The van der Waals surface area contributed by atoms with Crippen LogP contribution >= 0.6 is 0 Å². The predicted molar refractivity (Wildman–Crippen MR) is 184 cm³/mol. The van der Waals surface area contributed by atoms with Crippen molar-refractivity contribution in [1.82, 2.24) is 0 Å². The Hall–Kier alpha value is -3.00. The number of fused-ring (bicyclic) bond motifs is 2. The molecule has 0 radical (unpaired) electrons. The van der Waals surface area contributed by atoms with E-state index < -0.39 is 0 Å². The summed E-state index contributed by atoms with van der Waals surface area (Å²) in [6, 6.07) is 33.2. The fourth-order valence-electron chi connectivity index (χ4n) is 5.61. The molecule has 0 fully saturated rings. The molecule has 0 aliphatic heterocycles. The molecule has 226 valence electrons. The molecule has 2 unspecified atom stereocenters. The molecule has 0 aromatic heterocycles. The van der Waals surface area contributed by atoms with Gasteiger partial charge in [0.15, 0.2) is 0 Å². The van der Waals surface area contributed by atoms with Crippen molar-refractivity contribution in [3.63, 3.8) is 0 Å². The van der Waals surface area contributed by atoms with Crippen LogP contribution in [0.4, 0.5) is 0 Å². The Labute approximate surface area is 298 Å². The first-order chi connectivity index (χ1) is 21.1. The summed E-state index contributed by atoms with van der Waals surface area (Å²) in [5.74, 6) is 1.07. The Balaban J connectivity index is 0.000000189. The van der Waals surface area contributed by atoms with Crippen molar-refractivity contribution in [1.29, 1.82) is 0 Å². The van der Waals surface area contributed by atoms with E-state index in [2.05, 4.69) is 178 Å². The summed E-state index contributed by atoms with van der Waals surface area (Å²) in [6.07, 6.45) is 27.3. The molecular formula is C41H38Cl2SiZr-2. The van der Waals surface area contributed by atoms with Gasteiger partial charge in [-0.05, 0) is 11.1 Å². The summed E-state index contributed by atoms with van der Waals surface area (Å²) in [4.78, 5) is 0. The maximum atomic E-state index is 2.34. The average Bonchev–Trinajstić information content (AvgIpc) is 3.45. The van der Waals surface area contributed by atoms with Crippen LogP contribution in [-0.2, 0) is 29.4 Å². The van der Waals surface area contributed by atoms with E-state index in [1.807, 2.05) is 0 Å². The first-order valence-corrected chi connectivity index (χ1v) is 20.7. The molecule has 0 bridgehead atoms. The maximum absolute atomic E-state index is 2.34. The third-order valence-electron chi connectivity index (χ3n) is 7.60. The van der Waals surface area contributed by atoms with Crippen LogP contribution in [0.25, 0.3) is 11.1 Å². The zero-order valence-electron chi connectivity index (χ0n) is 25.8. The Morgan fingerprint density at radius 2 is 0.911 bits per heavy atom. The molecule has 0 heterocycles. The van der Waals surface area contributed by atoms with Gasteiger partial charge in [0.05, 0.1) is 0 Å². The van der Waals surface area contributed by atoms with Crippen LogP contribution < -0.4 is 24.8 Å². The molecule has 0 spiro atoms. The van der Waals surface area contributed by atoms with Gasteiger partial charge in [0, 0.05) is 0 Å². The molecule has 4 aliphatic carbocycles. The van der Waals surface area contributed by atoms with E-state index in [4.69, 9.17) is 0 Å². The minimum absolute atomic E-state index is 0. The first-order valence-electron chi connectivity index (χ1n) is 15.1. The Bertz CT molecular complexity index is 1550. The number of hydrogen-bond acceptors (Lipinski definition) is 0. The van der Waals surface area contributed by atoms with Gasteiger partial charge in [-0.25, -0.2) is 0 Å². The topological polar surface area (TPSA) is 0 Å². The van der Waals surface area contributed by atoms with Crippen LogP contribution in [0.3, 0.4) is 0 Å². The summed E-state index contributed by atoms with van der Waals surface area (Å²) < 4.78 is 0. The summed E-state index contributed by atoms with van der Waals surface area (Å²) in [7, 11) is 0. The number of benzene rings is 3. The van der Waals surface area contributed by atoms with Gasteiger partial charge < -0.3 is 24.8 Å². The number of halogens is 2.